The molecule has 0 aliphatic carbocycles. The Morgan fingerprint density at radius 3 is 2.41 bits per heavy atom. The molecule has 1 aromatic rings. The summed E-state index contributed by atoms with van der Waals surface area (Å²) in [6.07, 6.45) is -2.25. The Morgan fingerprint density at radius 1 is 1.19 bits per heavy atom. The summed E-state index contributed by atoms with van der Waals surface area (Å²) in [6.45, 7) is 5.14. The number of nitrogens with two attached hydrogens (primary N) is 1. The van der Waals surface area contributed by atoms with Crippen LogP contribution in [0.3, 0.4) is 0 Å². The smallest absolute Gasteiger partial charge is 0.325 e. The zero-order valence-electron chi connectivity index (χ0n) is 16.0. The van der Waals surface area contributed by atoms with Crippen LogP contribution in [0, 0.1) is 5.92 Å². The van der Waals surface area contributed by atoms with Gasteiger partial charge in [0.2, 0.25) is 0 Å². The summed E-state index contributed by atoms with van der Waals surface area (Å²) in [5.74, 6) is -0.124. The molecule has 0 unspecified atom stereocenters. The Hall–Kier alpha value is -2.32. The molecule has 0 aromatic heterocycles. The lowest BCUT2D eigenvalue weighted by molar-refractivity contribution is -0.169. The zero-order valence-corrected chi connectivity index (χ0v) is 16.0. The molecule has 0 radical (unpaired) electrons. The number of cyclic esters (lactones) is 1. The van der Waals surface area contributed by atoms with E-state index in [0.717, 1.165) is 0 Å². The minimum absolute atomic E-state index is 0.0312. The first-order valence-electron chi connectivity index (χ1n) is 8.86. The molecule has 2 N–H and O–H groups in total. The number of rotatable bonds is 5. The summed E-state index contributed by atoms with van der Waals surface area (Å²) >= 11 is 0. The lowest BCUT2D eigenvalue weighted by Gasteiger charge is -2.31. The third kappa shape index (κ3) is 5.83. The van der Waals surface area contributed by atoms with Gasteiger partial charge in [-0.25, -0.2) is 0 Å². The SMILES string of the molecule is COc1ccc(O[C@H]2[C@H](C)OC(=O)[C@@H](N)COC[C@@H]2OC(=O)C(C)C)cc1. The van der Waals surface area contributed by atoms with Crippen LogP contribution in [0.5, 0.6) is 11.5 Å². The summed E-state index contributed by atoms with van der Waals surface area (Å²) in [5, 5.41) is 0. The third-order valence-corrected chi connectivity index (χ3v) is 4.08. The number of hydrogen-bond donors (Lipinski definition) is 1. The number of hydrogen-bond acceptors (Lipinski definition) is 8. The molecule has 8 nitrogen and oxygen atoms in total. The monoisotopic (exact) mass is 381 g/mol. The highest BCUT2D eigenvalue weighted by Crippen LogP contribution is 2.23. The van der Waals surface area contributed by atoms with E-state index in [1.807, 2.05) is 0 Å². The van der Waals surface area contributed by atoms with Gasteiger partial charge in [-0.3, -0.25) is 9.59 Å². The van der Waals surface area contributed by atoms with E-state index in [1.54, 1.807) is 52.1 Å². The van der Waals surface area contributed by atoms with Gasteiger partial charge in [0, 0.05) is 0 Å². The van der Waals surface area contributed by atoms with Crippen LogP contribution in [0.1, 0.15) is 20.8 Å². The predicted molar refractivity (Wildman–Crippen MR) is 96.5 cm³/mol. The first-order chi connectivity index (χ1) is 12.8. The van der Waals surface area contributed by atoms with E-state index in [-0.39, 0.29) is 19.1 Å². The fourth-order valence-corrected chi connectivity index (χ4v) is 2.48. The zero-order chi connectivity index (χ0) is 20.0. The van der Waals surface area contributed by atoms with E-state index >= 15 is 0 Å². The van der Waals surface area contributed by atoms with Gasteiger partial charge in [-0.1, -0.05) is 13.8 Å². The van der Waals surface area contributed by atoms with E-state index < -0.39 is 36.3 Å². The van der Waals surface area contributed by atoms with Crippen LogP contribution in [0.2, 0.25) is 0 Å². The molecule has 1 aromatic carbocycles. The standard InChI is InChI=1S/C19H27NO7/c1-11(2)18(21)27-16-10-24-9-15(20)19(22)25-12(3)17(16)26-14-7-5-13(23-4)6-8-14/h5-8,11-12,15-17H,9-10,20H2,1-4H3/t12-,15-,16-,17-/m0/s1. The number of benzene rings is 1. The number of carbonyl (C=O) groups excluding carboxylic acids is 2. The van der Waals surface area contributed by atoms with Crippen LogP contribution in [0.15, 0.2) is 24.3 Å². The van der Waals surface area contributed by atoms with Crippen molar-refractivity contribution in [3.05, 3.63) is 24.3 Å². The highest BCUT2D eigenvalue weighted by Gasteiger charge is 2.37. The summed E-state index contributed by atoms with van der Waals surface area (Å²) < 4.78 is 27.6. The molecule has 1 aliphatic heterocycles. The molecule has 1 fully saturated rings. The number of carbonyl (C=O) groups is 2. The van der Waals surface area contributed by atoms with Gasteiger partial charge in [0.25, 0.3) is 0 Å². The van der Waals surface area contributed by atoms with Crippen LogP contribution in [-0.2, 0) is 23.8 Å². The maximum atomic E-state index is 12.1. The van der Waals surface area contributed by atoms with Gasteiger partial charge in [-0.05, 0) is 31.2 Å². The van der Waals surface area contributed by atoms with Crippen LogP contribution in [0.25, 0.3) is 0 Å². The van der Waals surface area contributed by atoms with Crippen molar-refractivity contribution >= 4 is 11.9 Å². The summed E-state index contributed by atoms with van der Waals surface area (Å²) in [7, 11) is 1.57. The molecule has 2 rings (SSSR count). The van der Waals surface area contributed by atoms with E-state index in [2.05, 4.69) is 0 Å². The lowest BCUT2D eigenvalue weighted by Crippen LogP contribution is -2.47. The summed E-state index contributed by atoms with van der Waals surface area (Å²) in [4.78, 5) is 24.2. The molecule has 4 atom stereocenters. The molecule has 27 heavy (non-hydrogen) atoms. The number of methoxy groups -OCH3 is 1. The molecule has 0 amide bonds. The third-order valence-electron chi connectivity index (χ3n) is 4.08. The second kappa shape index (κ2) is 9.57. The van der Waals surface area contributed by atoms with E-state index in [9.17, 15) is 9.59 Å². The van der Waals surface area contributed by atoms with Crippen molar-refractivity contribution in [1.82, 2.24) is 0 Å². The molecule has 1 aliphatic rings. The maximum absolute atomic E-state index is 12.1. The highest BCUT2D eigenvalue weighted by atomic mass is 16.6. The number of esters is 2. The van der Waals surface area contributed by atoms with Gasteiger partial charge >= 0.3 is 11.9 Å². The molecular formula is C19H27NO7. The van der Waals surface area contributed by atoms with Crippen molar-refractivity contribution in [1.29, 1.82) is 0 Å². The molecule has 150 valence electrons. The van der Waals surface area contributed by atoms with Crippen molar-refractivity contribution < 1.29 is 33.3 Å². The number of ether oxygens (including phenoxy) is 5. The topological polar surface area (TPSA) is 106 Å². The molecule has 1 saturated heterocycles. The second-order valence-electron chi connectivity index (χ2n) is 6.67. The Balaban J connectivity index is 2.25. The highest BCUT2D eigenvalue weighted by molar-refractivity contribution is 5.76. The minimum atomic E-state index is -0.909. The fourth-order valence-electron chi connectivity index (χ4n) is 2.48. The maximum Gasteiger partial charge on any atom is 0.325 e. The van der Waals surface area contributed by atoms with Crippen LogP contribution >= 0.6 is 0 Å². The second-order valence-corrected chi connectivity index (χ2v) is 6.67. The Bertz CT molecular complexity index is 631. The van der Waals surface area contributed by atoms with Gasteiger partial charge in [0.15, 0.2) is 12.2 Å². The summed E-state index contributed by atoms with van der Waals surface area (Å²) in [5.41, 5.74) is 5.74. The van der Waals surface area contributed by atoms with Gasteiger partial charge in [-0.2, -0.15) is 0 Å². The predicted octanol–water partition coefficient (Wildman–Crippen LogP) is 1.30. The molecule has 1 heterocycles. The molecule has 0 saturated carbocycles. The first kappa shape index (κ1) is 21.0. The fraction of sp³-hybridized carbons (Fsp3) is 0.579. The Morgan fingerprint density at radius 2 is 1.81 bits per heavy atom. The van der Waals surface area contributed by atoms with Gasteiger partial charge in [0.1, 0.15) is 23.6 Å². The largest absolute Gasteiger partial charge is 0.497 e. The average molecular weight is 381 g/mol. The van der Waals surface area contributed by atoms with Crippen LogP contribution < -0.4 is 15.2 Å². The Kier molecular flexibility index (Phi) is 7.44. The molecule has 0 spiro atoms. The minimum Gasteiger partial charge on any atom is -0.497 e. The van der Waals surface area contributed by atoms with Gasteiger partial charge < -0.3 is 29.4 Å². The molecule has 0 bridgehead atoms. The van der Waals surface area contributed by atoms with E-state index in [1.165, 1.54) is 0 Å². The average Bonchev–Trinajstić information content (AvgIpc) is 2.68. The molecule has 8 heteroatoms. The van der Waals surface area contributed by atoms with E-state index in [4.69, 9.17) is 29.4 Å². The van der Waals surface area contributed by atoms with Crippen LogP contribution in [-0.4, -0.2) is 56.6 Å². The first-order valence-corrected chi connectivity index (χ1v) is 8.86. The summed E-state index contributed by atoms with van der Waals surface area (Å²) in [6, 6.07) is 6.00. The van der Waals surface area contributed by atoms with Crippen molar-refractivity contribution in [3.63, 3.8) is 0 Å². The Labute approximate surface area is 158 Å². The van der Waals surface area contributed by atoms with Crippen molar-refractivity contribution in [2.24, 2.45) is 11.7 Å². The van der Waals surface area contributed by atoms with Crippen LogP contribution in [0.4, 0.5) is 0 Å². The lowest BCUT2D eigenvalue weighted by atomic mass is 10.1. The molecular weight excluding hydrogens is 354 g/mol. The van der Waals surface area contributed by atoms with E-state index in [0.29, 0.717) is 11.5 Å². The van der Waals surface area contributed by atoms with Crippen molar-refractivity contribution in [3.8, 4) is 11.5 Å². The van der Waals surface area contributed by atoms with Gasteiger partial charge in [0.05, 0.1) is 26.2 Å². The van der Waals surface area contributed by atoms with Gasteiger partial charge in [-0.15, -0.1) is 0 Å². The van der Waals surface area contributed by atoms with Crippen molar-refractivity contribution in [2.75, 3.05) is 20.3 Å². The van der Waals surface area contributed by atoms with Crippen molar-refractivity contribution in [2.45, 2.75) is 45.1 Å². The quantitative estimate of drug-likeness (QED) is 0.761. The normalized spacial score (nSPS) is 26.4.